The standard InChI is InChI=1S/C16H20BrNO2/c1-16(2)8-7-15(20)18(10-9-16)11-14(19)12-5-3-4-6-13(12)17/h3-6H,7-11H2,1-2H3. The third-order valence-electron chi connectivity index (χ3n) is 3.94. The van der Waals surface area contributed by atoms with Crippen molar-refractivity contribution >= 4 is 27.6 Å². The van der Waals surface area contributed by atoms with Crippen molar-refractivity contribution in [3.05, 3.63) is 34.3 Å². The summed E-state index contributed by atoms with van der Waals surface area (Å²) in [5.74, 6) is 0.0847. The minimum Gasteiger partial charge on any atom is -0.335 e. The van der Waals surface area contributed by atoms with Gasteiger partial charge < -0.3 is 4.90 Å². The summed E-state index contributed by atoms with van der Waals surface area (Å²) in [5, 5.41) is 0. The van der Waals surface area contributed by atoms with Crippen LogP contribution in [-0.4, -0.2) is 29.7 Å². The maximum Gasteiger partial charge on any atom is 0.222 e. The van der Waals surface area contributed by atoms with Gasteiger partial charge in [-0.05, 0) is 24.3 Å². The molecule has 1 aliphatic heterocycles. The highest BCUT2D eigenvalue weighted by Gasteiger charge is 2.28. The van der Waals surface area contributed by atoms with Gasteiger partial charge in [0.15, 0.2) is 5.78 Å². The second-order valence-electron chi connectivity index (χ2n) is 6.13. The number of carbonyl (C=O) groups is 2. The average Bonchev–Trinajstić information content (AvgIpc) is 2.52. The number of carbonyl (C=O) groups excluding carboxylic acids is 2. The van der Waals surface area contributed by atoms with Crippen LogP contribution in [0.1, 0.15) is 43.5 Å². The second-order valence-corrected chi connectivity index (χ2v) is 6.99. The Hall–Kier alpha value is -1.16. The fraction of sp³-hybridized carbons (Fsp3) is 0.500. The number of likely N-dealkylation sites (tertiary alicyclic amines) is 1. The number of ketones is 1. The van der Waals surface area contributed by atoms with Crippen molar-refractivity contribution in [3.63, 3.8) is 0 Å². The van der Waals surface area contributed by atoms with Crippen LogP contribution in [0.4, 0.5) is 0 Å². The molecule has 1 heterocycles. The van der Waals surface area contributed by atoms with E-state index in [1.165, 1.54) is 0 Å². The van der Waals surface area contributed by atoms with Crippen LogP contribution >= 0.6 is 15.9 Å². The number of rotatable bonds is 3. The van der Waals surface area contributed by atoms with Crippen LogP contribution < -0.4 is 0 Å². The molecular formula is C16H20BrNO2. The molecule has 3 nitrogen and oxygen atoms in total. The summed E-state index contributed by atoms with van der Waals surface area (Å²) in [4.78, 5) is 26.1. The van der Waals surface area contributed by atoms with Crippen molar-refractivity contribution in [2.24, 2.45) is 5.41 Å². The van der Waals surface area contributed by atoms with Gasteiger partial charge in [0, 0.05) is 23.0 Å². The Morgan fingerprint density at radius 2 is 2.00 bits per heavy atom. The molecule has 0 radical (unpaired) electrons. The van der Waals surface area contributed by atoms with Gasteiger partial charge >= 0.3 is 0 Å². The average molecular weight is 338 g/mol. The largest absolute Gasteiger partial charge is 0.335 e. The maximum atomic E-state index is 12.3. The smallest absolute Gasteiger partial charge is 0.222 e. The lowest BCUT2D eigenvalue weighted by atomic mass is 9.85. The summed E-state index contributed by atoms with van der Waals surface area (Å²) >= 11 is 3.39. The monoisotopic (exact) mass is 337 g/mol. The molecule has 0 saturated carbocycles. The van der Waals surface area contributed by atoms with Gasteiger partial charge in [0.25, 0.3) is 0 Å². The Kier molecular flexibility index (Phi) is 4.63. The maximum absolute atomic E-state index is 12.3. The summed E-state index contributed by atoms with van der Waals surface area (Å²) < 4.78 is 0.785. The first-order valence-corrected chi connectivity index (χ1v) is 7.74. The molecule has 108 valence electrons. The highest BCUT2D eigenvalue weighted by Crippen LogP contribution is 2.30. The molecule has 1 aromatic rings. The SMILES string of the molecule is CC1(C)CCC(=O)N(CC(=O)c2ccccc2Br)CC1. The quantitative estimate of drug-likeness (QED) is 0.789. The first kappa shape index (κ1) is 15.2. The van der Waals surface area contributed by atoms with Crippen molar-refractivity contribution in [3.8, 4) is 0 Å². The van der Waals surface area contributed by atoms with E-state index in [0.717, 1.165) is 17.3 Å². The highest BCUT2D eigenvalue weighted by molar-refractivity contribution is 9.10. The third-order valence-corrected chi connectivity index (χ3v) is 4.63. The van der Waals surface area contributed by atoms with Crippen LogP contribution in [-0.2, 0) is 4.79 Å². The molecule has 1 saturated heterocycles. The number of halogens is 1. The number of hydrogen-bond acceptors (Lipinski definition) is 2. The van der Waals surface area contributed by atoms with E-state index < -0.39 is 0 Å². The molecule has 4 heteroatoms. The zero-order chi connectivity index (χ0) is 14.8. The van der Waals surface area contributed by atoms with Gasteiger partial charge in [0.2, 0.25) is 5.91 Å². The van der Waals surface area contributed by atoms with Crippen LogP contribution in [0, 0.1) is 5.41 Å². The van der Waals surface area contributed by atoms with Crippen LogP contribution in [0.3, 0.4) is 0 Å². The Bertz CT molecular complexity index is 525. The van der Waals surface area contributed by atoms with Gasteiger partial charge in [0.1, 0.15) is 0 Å². The van der Waals surface area contributed by atoms with Crippen molar-refractivity contribution in [1.82, 2.24) is 4.90 Å². The first-order valence-electron chi connectivity index (χ1n) is 6.94. The van der Waals surface area contributed by atoms with E-state index in [2.05, 4.69) is 29.8 Å². The molecule has 20 heavy (non-hydrogen) atoms. The van der Waals surface area contributed by atoms with E-state index in [0.29, 0.717) is 18.5 Å². The van der Waals surface area contributed by atoms with Gasteiger partial charge in [-0.3, -0.25) is 9.59 Å². The minimum atomic E-state index is -0.00877. The predicted molar refractivity (Wildman–Crippen MR) is 82.7 cm³/mol. The van der Waals surface area contributed by atoms with Crippen LogP contribution in [0.15, 0.2) is 28.7 Å². The lowest BCUT2D eigenvalue weighted by Gasteiger charge is -2.23. The molecule has 1 aromatic carbocycles. The predicted octanol–water partition coefficient (Wildman–Crippen LogP) is 3.67. The van der Waals surface area contributed by atoms with Crippen molar-refractivity contribution in [2.45, 2.75) is 33.1 Å². The second kappa shape index (κ2) is 6.08. The fourth-order valence-electron chi connectivity index (χ4n) is 2.40. The molecule has 0 bridgehead atoms. The van der Waals surface area contributed by atoms with E-state index in [4.69, 9.17) is 0 Å². The molecule has 1 fully saturated rings. The Balaban J connectivity index is 2.07. The third kappa shape index (κ3) is 3.69. The molecule has 0 N–H and O–H groups in total. The Labute approximate surface area is 128 Å². The zero-order valence-electron chi connectivity index (χ0n) is 12.0. The number of amides is 1. The minimum absolute atomic E-state index is 0.00877. The first-order chi connectivity index (χ1) is 9.39. The molecular weight excluding hydrogens is 318 g/mol. The fourth-order valence-corrected chi connectivity index (χ4v) is 2.91. The summed E-state index contributed by atoms with van der Waals surface area (Å²) in [7, 11) is 0. The summed E-state index contributed by atoms with van der Waals surface area (Å²) in [6.45, 7) is 5.21. The van der Waals surface area contributed by atoms with Gasteiger partial charge in [-0.1, -0.05) is 48.0 Å². The molecule has 0 unspecified atom stereocenters. The molecule has 0 aromatic heterocycles. The number of Topliss-reactive ketones (excluding diaryl/α,β-unsaturated/α-hetero) is 1. The van der Waals surface area contributed by atoms with Gasteiger partial charge in [-0.15, -0.1) is 0 Å². The van der Waals surface area contributed by atoms with E-state index >= 15 is 0 Å². The van der Waals surface area contributed by atoms with E-state index in [1.54, 1.807) is 11.0 Å². The molecule has 1 amide bonds. The van der Waals surface area contributed by atoms with Gasteiger partial charge in [-0.2, -0.15) is 0 Å². The van der Waals surface area contributed by atoms with Crippen molar-refractivity contribution < 1.29 is 9.59 Å². The van der Waals surface area contributed by atoms with E-state index in [9.17, 15) is 9.59 Å². The number of benzene rings is 1. The lowest BCUT2D eigenvalue weighted by Crippen LogP contribution is -2.35. The lowest BCUT2D eigenvalue weighted by molar-refractivity contribution is -0.130. The summed E-state index contributed by atoms with van der Waals surface area (Å²) in [6.07, 6.45) is 2.38. The van der Waals surface area contributed by atoms with Gasteiger partial charge in [0.05, 0.1) is 6.54 Å². The van der Waals surface area contributed by atoms with Crippen LogP contribution in [0.25, 0.3) is 0 Å². The molecule has 1 aliphatic rings. The van der Waals surface area contributed by atoms with Crippen LogP contribution in [0.5, 0.6) is 0 Å². The highest BCUT2D eigenvalue weighted by atomic mass is 79.9. The molecule has 0 spiro atoms. The molecule has 2 rings (SSSR count). The Morgan fingerprint density at radius 1 is 1.30 bits per heavy atom. The summed E-state index contributed by atoms with van der Waals surface area (Å²) in [6, 6.07) is 7.35. The normalized spacial score (nSPS) is 18.8. The summed E-state index contributed by atoms with van der Waals surface area (Å²) in [5.41, 5.74) is 0.824. The van der Waals surface area contributed by atoms with Crippen molar-refractivity contribution in [1.29, 1.82) is 0 Å². The van der Waals surface area contributed by atoms with Gasteiger partial charge in [-0.25, -0.2) is 0 Å². The Morgan fingerprint density at radius 3 is 2.70 bits per heavy atom. The number of hydrogen-bond donors (Lipinski definition) is 0. The topological polar surface area (TPSA) is 37.4 Å². The molecule has 0 atom stereocenters. The van der Waals surface area contributed by atoms with E-state index in [1.807, 2.05) is 18.2 Å². The number of nitrogens with zero attached hydrogens (tertiary/aromatic N) is 1. The van der Waals surface area contributed by atoms with E-state index in [-0.39, 0.29) is 23.7 Å². The van der Waals surface area contributed by atoms with Crippen molar-refractivity contribution in [2.75, 3.05) is 13.1 Å². The van der Waals surface area contributed by atoms with Crippen LogP contribution in [0.2, 0.25) is 0 Å². The zero-order valence-corrected chi connectivity index (χ0v) is 13.6. The molecule has 0 aliphatic carbocycles.